The largest absolute Gasteiger partial charge is 0.497 e. The zero-order valence-electron chi connectivity index (χ0n) is 24.7. The highest BCUT2D eigenvalue weighted by Crippen LogP contribution is 2.51. The minimum atomic E-state index is -0.360. The number of anilines is 1. The molecule has 2 aromatic carbocycles. The molecular weight excluding hydrogens is 524 g/mol. The molecule has 4 rings (SSSR count). The Balaban J connectivity index is 2.05. The second-order valence-electron chi connectivity index (χ2n) is 11.2. The Labute approximate surface area is 241 Å². The van der Waals surface area contributed by atoms with E-state index in [2.05, 4.69) is 26.1 Å². The molecule has 3 aromatic rings. The summed E-state index contributed by atoms with van der Waals surface area (Å²) in [7, 11) is 3.28. The molecule has 1 aliphatic rings. The number of amides is 2. The molecule has 2 amide bonds. The zero-order valence-corrected chi connectivity index (χ0v) is 25.5. The molecule has 2 atom stereocenters. The minimum Gasteiger partial charge on any atom is -0.497 e. The van der Waals surface area contributed by atoms with Crippen molar-refractivity contribution < 1.29 is 19.1 Å². The van der Waals surface area contributed by atoms with Gasteiger partial charge in [-0.1, -0.05) is 45.9 Å². The summed E-state index contributed by atoms with van der Waals surface area (Å²) in [6.45, 7) is 12.3. The number of benzene rings is 2. The van der Waals surface area contributed by atoms with Crippen LogP contribution in [0.25, 0.3) is 5.69 Å². The van der Waals surface area contributed by atoms with E-state index in [-0.39, 0.29) is 40.8 Å². The fourth-order valence-corrected chi connectivity index (χ4v) is 6.11. The third-order valence-corrected chi connectivity index (χ3v) is 8.42. The van der Waals surface area contributed by atoms with Gasteiger partial charge in [0, 0.05) is 22.6 Å². The van der Waals surface area contributed by atoms with E-state index in [1.165, 1.54) is 11.8 Å². The standard InChI is InChI=1S/C31H40N4O4S/c1-9-20(3)32-25(36)17-34-26(37)18-40-28(22-16-21(38-7)14-15-24(22)39-8)27-29(31(4,5)6)33-35(30(27)34)23-13-11-10-12-19(23)2/h10-16,20,28H,9,17-18H2,1-8H3,(H,32,36)/t20-,28-/m0/s1. The minimum absolute atomic E-state index is 0.00336. The van der Waals surface area contributed by atoms with Crippen LogP contribution in [-0.4, -0.2) is 54.2 Å². The molecule has 0 saturated heterocycles. The average molecular weight is 565 g/mol. The molecular formula is C31H40N4O4S. The molecule has 9 heteroatoms. The Morgan fingerprint density at radius 3 is 2.52 bits per heavy atom. The van der Waals surface area contributed by atoms with E-state index in [1.54, 1.807) is 19.1 Å². The number of fused-ring (bicyclic) bond motifs is 1. The molecule has 0 bridgehead atoms. The Morgan fingerprint density at radius 1 is 1.18 bits per heavy atom. The second-order valence-corrected chi connectivity index (χ2v) is 12.3. The summed E-state index contributed by atoms with van der Waals surface area (Å²) >= 11 is 1.52. The van der Waals surface area contributed by atoms with Crippen molar-refractivity contribution in [2.45, 2.75) is 64.7 Å². The number of aryl methyl sites for hydroxylation is 1. The maximum atomic E-state index is 13.9. The number of carbonyl (C=O) groups is 2. The van der Waals surface area contributed by atoms with Gasteiger partial charge in [0.2, 0.25) is 11.8 Å². The van der Waals surface area contributed by atoms with Crippen LogP contribution in [0.15, 0.2) is 42.5 Å². The number of thioether (sulfide) groups is 1. The number of hydrogen-bond acceptors (Lipinski definition) is 6. The normalized spacial score (nSPS) is 16.2. The number of rotatable bonds is 8. The molecule has 40 heavy (non-hydrogen) atoms. The fourth-order valence-electron chi connectivity index (χ4n) is 4.90. The summed E-state index contributed by atoms with van der Waals surface area (Å²) in [6.07, 6.45) is 0.799. The predicted molar refractivity (Wildman–Crippen MR) is 161 cm³/mol. The highest BCUT2D eigenvalue weighted by molar-refractivity contribution is 8.00. The van der Waals surface area contributed by atoms with Crippen LogP contribution in [0.5, 0.6) is 11.5 Å². The first-order chi connectivity index (χ1) is 19.0. The van der Waals surface area contributed by atoms with Gasteiger partial charge in [-0.2, -0.15) is 5.10 Å². The summed E-state index contributed by atoms with van der Waals surface area (Å²) < 4.78 is 13.2. The third-order valence-electron chi connectivity index (χ3n) is 7.18. The summed E-state index contributed by atoms with van der Waals surface area (Å²) in [5, 5.41) is 7.92. The molecule has 0 unspecified atom stereocenters. The van der Waals surface area contributed by atoms with Crippen molar-refractivity contribution in [3.05, 3.63) is 64.8 Å². The van der Waals surface area contributed by atoms with E-state index in [1.807, 2.05) is 67.9 Å². The Kier molecular flexibility index (Phi) is 8.83. The predicted octanol–water partition coefficient (Wildman–Crippen LogP) is 5.58. The summed E-state index contributed by atoms with van der Waals surface area (Å²) in [5.74, 6) is 1.85. The summed E-state index contributed by atoms with van der Waals surface area (Å²) in [5.41, 5.74) is 4.15. The van der Waals surface area contributed by atoms with Crippen molar-refractivity contribution in [2.24, 2.45) is 0 Å². The van der Waals surface area contributed by atoms with Gasteiger partial charge in [0.15, 0.2) is 0 Å². The van der Waals surface area contributed by atoms with E-state index in [0.29, 0.717) is 17.3 Å². The highest BCUT2D eigenvalue weighted by Gasteiger charge is 2.41. The van der Waals surface area contributed by atoms with Crippen molar-refractivity contribution >= 4 is 29.4 Å². The van der Waals surface area contributed by atoms with Gasteiger partial charge in [-0.3, -0.25) is 14.5 Å². The van der Waals surface area contributed by atoms with Crippen molar-refractivity contribution in [1.82, 2.24) is 15.1 Å². The molecule has 0 spiro atoms. The third kappa shape index (κ3) is 5.84. The quantitative estimate of drug-likeness (QED) is 0.385. The zero-order chi connectivity index (χ0) is 29.2. The molecule has 0 fully saturated rings. The maximum Gasteiger partial charge on any atom is 0.240 e. The number of ether oxygens (including phenoxy) is 2. The molecule has 1 aliphatic heterocycles. The van der Waals surface area contributed by atoms with Crippen LogP contribution >= 0.6 is 11.8 Å². The SMILES string of the molecule is CC[C@H](C)NC(=O)CN1C(=O)CS[C@@H](c2cc(OC)ccc2OC)c2c(C(C)(C)C)nn(-c3ccccc3C)c21. The number of nitrogens with zero attached hydrogens (tertiary/aromatic N) is 3. The van der Waals surface area contributed by atoms with E-state index >= 15 is 0 Å². The Morgan fingerprint density at radius 2 is 1.90 bits per heavy atom. The van der Waals surface area contributed by atoms with Crippen molar-refractivity contribution in [2.75, 3.05) is 31.4 Å². The van der Waals surface area contributed by atoms with E-state index in [9.17, 15) is 9.59 Å². The van der Waals surface area contributed by atoms with Gasteiger partial charge in [-0.05, 0) is 50.1 Å². The smallest absolute Gasteiger partial charge is 0.240 e. The molecule has 2 heterocycles. The van der Waals surface area contributed by atoms with Gasteiger partial charge < -0.3 is 14.8 Å². The summed E-state index contributed by atoms with van der Waals surface area (Å²) in [6, 6.07) is 13.7. The van der Waals surface area contributed by atoms with E-state index < -0.39 is 0 Å². The number of hydrogen-bond donors (Lipinski definition) is 1. The van der Waals surface area contributed by atoms with Crippen molar-refractivity contribution in [3.8, 4) is 17.2 Å². The van der Waals surface area contributed by atoms with Crippen LogP contribution in [0.1, 0.15) is 68.7 Å². The topological polar surface area (TPSA) is 85.7 Å². The first-order valence-corrected chi connectivity index (χ1v) is 14.7. The van der Waals surface area contributed by atoms with Crippen LogP contribution in [0.4, 0.5) is 5.82 Å². The fraction of sp³-hybridized carbons (Fsp3) is 0.452. The molecule has 1 N–H and O–H groups in total. The molecule has 214 valence electrons. The second kappa shape index (κ2) is 12.0. The van der Waals surface area contributed by atoms with Crippen LogP contribution in [0.3, 0.4) is 0 Å². The van der Waals surface area contributed by atoms with Gasteiger partial charge in [0.05, 0.1) is 36.6 Å². The Bertz CT molecular complexity index is 1390. The molecule has 0 aliphatic carbocycles. The lowest BCUT2D eigenvalue weighted by Crippen LogP contribution is -2.44. The Hall–Kier alpha value is -3.46. The van der Waals surface area contributed by atoms with Crippen LogP contribution in [0.2, 0.25) is 0 Å². The number of aromatic nitrogens is 2. The molecule has 0 saturated carbocycles. The number of carbonyl (C=O) groups excluding carboxylic acids is 2. The lowest BCUT2D eigenvalue weighted by molar-refractivity contribution is -0.123. The number of para-hydroxylation sites is 1. The van der Waals surface area contributed by atoms with Crippen LogP contribution in [0, 0.1) is 6.92 Å². The van der Waals surface area contributed by atoms with Crippen LogP contribution in [-0.2, 0) is 15.0 Å². The van der Waals surface area contributed by atoms with Crippen molar-refractivity contribution in [1.29, 1.82) is 0 Å². The van der Waals surface area contributed by atoms with Crippen LogP contribution < -0.4 is 19.7 Å². The monoisotopic (exact) mass is 564 g/mol. The van der Waals surface area contributed by atoms with Gasteiger partial charge in [-0.15, -0.1) is 11.8 Å². The van der Waals surface area contributed by atoms with E-state index in [4.69, 9.17) is 14.6 Å². The number of methoxy groups -OCH3 is 2. The van der Waals surface area contributed by atoms with Gasteiger partial charge in [0.25, 0.3) is 0 Å². The molecule has 0 radical (unpaired) electrons. The first kappa shape index (κ1) is 29.5. The lowest BCUT2D eigenvalue weighted by atomic mass is 9.87. The summed E-state index contributed by atoms with van der Waals surface area (Å²) in [4.78, 5) is 28.7. The van der Waals surface area contributed by atoms with Gasteiger partial charge >= 0.3 is 0 Å². The molecule has 1 aromatic heterocycles. The van der Waals surface area contributed by atoms with Gasteiger partial charge in [0.1, 0.15) is 23.9 Å². The maximum absolute atomic E-state index is 13.9. The lowest BCUT2D eigenvalue weighted by Gasteiger charge is -2.26. The highest BCUT2D eigenvalue weighted by atomic mass is 32.2. The van der Waals surface area contributed by atoms with Gasteiger partial charge in [-0.25, -0.2) is 4.68 Å². The molecule has 8 nitrogen and oxygen atoms in total. The average Bonchev–Trinajstić information content (AvgIpc) is 3.26. The van der Waals surface area contributed by atoms with E-state index in [0.717, 1.165) is 34.5 Å². The van der Waals surface area contributed by atoms with Crippen molar-refractivity contribution in [3.63, 3.8) is 0 Å². The number of nitrogens with one attached hydrogen (secondary N) is 1. The first-order valence-electron chi connectivity index (χ1n) is 13.6.